The summed E-state index contributed by atoms with van der Waals surface area (Å²) >= 11 is 0. The van der Waals surface area contributed by atoms with E-state index >= 15 is 0 Å². The van der Waals surface area contributed by atoms with Crippen LogP contribution in [0.3, 0.4) is 0 Å². The Morgan fingerprint density at radius 3 is 2.55 bits per heavy atom. The van der Waals surface area contributed by atoms with Gasteiger partial charge < -0.3 is 24.7 Å². The lowest BCUT2D eigenvalue weighted by atomic mass is 10.1. The molecule has 0 unspecified atom stereocenters. The number of para-hydroxylation sites is 1. The van der Waals surface area contributed by atoms with E-state index in [4.69, 9.17) is 28.9 Å². The topological polar surface area (TPSA) is 208 Å². The highest BCUT2D eigenvalue weighted by molar-refractivity contribution is 7.85. The van der Waals surface area contributed by atoms with Crippen LogP contribution in [0.4, 0.5) is 16.3 Å². The molecule has 0 aliphatic carbocycles. The molecule has 0 radical (unpaired) electrons. The number of benzene rings is 1. The molecule has 2 aromatic heterocycles. The highest BCUT2D eigenvalue weighted by Gasteiger charge is 2.56. The highest BCUT2D eigenvalue weighted by Crippen LogP contribution is 2.44. The Kier molecular flexibility index (Phi) is 7.56. The van der Waals surface area contributed by atoms with Gasteiger partial charge in [0.25, 0.3) is 5.91 Å². The van der Waals surface area contributed by atoms with Crippen molar-refractivity contribution in [1.82, 2.24) is 24.2 Å². The molecule has 0 spiro atoms. The third-order valence-electron chi connectivity index (χ3n) is 6.19. The highest BCUT2D eigenvalue weighted by atomic mass is 32.2. The number of carbonyl (C=O) groups excluding carboxylic acids is 2. The Balaban J connectivity index is 1.34. The normalized spacial score (nSPS) is 23.5. The van der Waals surface area contributed by atoms with Gasteiger partial charge in [0.15, 0.2) is 29.0 Å². The van der Waals surface area contributed by atoms with Crippen LogP contribution in [0.1, 0.15) is 51.2 Å². The molecular weight excluding hydrogens is 574 g/mol. The van der Waals surface area contributed by atoms with Gasteiger partial charge in [-0.05, 0) is 46.8 Å². The molecule has 3 aromatic rings. The fourth-order valence-electron chi connectivity index (χ4n) is 4.61. The van der Waals surface area contributed by atoms with E-state index in [1.807, 2.05) is 4.72 Å². The maximum Gasteiger partial charge on any atom is 0.413 e. The Morgan fingerprint density at radius 2 is 1.83 bits per heavy atom. The first-order valence-electron chi connectivity index (χ1n) is 12.9. The van der Waals surface area contributed by atoms with E-state index in [1.165, 1.54) is 24.8 Å². The second-order valence-electron chi connectivity index (χ2n) is 11.1. The third-order valence-corrected chi connectivity index (χ3v) is 7.07. The molecule has 0 bridgehead atoms. The van der Waals surface area contributed by atoms with Crippen LogP contribution in [0.5, 0.6) is 0 Å². The van der Waals surface area contributed by atoms with Gasteiger partial charge in [0, 0.05) is 5.69 Å². The van der Waals surface area contributed by atoms with Crippen molar-refractivity contribution in [3.05, 3.63) is 42.5 Å². The molecule has 16 nitrogen and oxygen atoms in total. The maximum atomic E-state index is 12.6. The summed E-state index contributed by atoms with van der Waals surface area (Å²) in [5.74, 6) is -1.85. The van der Waals surface area contributed by atoms with E-state index < -0.39 is 64.8 Å². The fourth-order valence-corrected chi connectivity index (χ4v) is 5.31. The summed E-state index contributed by atoms with van der Waals surface area (Å²) in [5.41, 5.74) is 5.68. The summed E-state index contributed by atoms with van der Waals surface area (Å²) in [5, 5.41) is 2.57. The predicted octanol–water partition coefficient (Wildman–Crippen LogP) is 1.86. The predicted molar refractivity (Wildman–Crippen MR) is 146 cm³/mol. The van der Waals surface area contributed by atoms with Gasteiger partial charge in [0.2, 0.25) is 0 Å². The minimum absolute atomic E-state index is 0.0225. The van der Waals surface area contributed by atoms with Crippen LogP contribution in [0.15, 0.2) is 36.9 Å². The number of hydrogen-bond acceptors (Lipinski definition) is 13. The van der Waals surface area contributed by atoms with E-state index in [1.54, 1.807) is 51.3 Å². The molecule has 2 fully saturated rings. The zero-order chi connectivity index (χ0) is 30.4. The van der Waals surface area contributed by atoms with Crippen LogP contribution in [-0.4, -0.2) is 76.2 Å². The van der Waals surface area contributed by atoms with Crippen molar-refractivity contribution in [3.63, 3.8) is 0 Å². The Hall–Kier alpha value is -3.90. The number of anilines is 2. The van der Waals surface area contributed by atoms with Crippen molar-refractivity contribution in [1.29, 1.82) is 0 Å². The van der Waals surface area contributed by atoms with E-state index in [2.05, 4.69) is 20.3 Å². The van der Waals surface area contributed by atoms with Crippen molar-refractivity contribution >= 4 is 45.0 Å². The summed E-state index contributed by atoms with van der Waals surface area (Å²) in [6, 6.07) is 6.01. The van der Waals surface area contributed by atoms with Crippen molar-refractivity contribution < 1.29 is 41.1 Å². The SMILES string of the molecule is CC(C)(C)OC(=O)Nc1ncnc2c1ncn2[C@@H]1O[C@H](COS(=O)(=O)NC(=O)c2ccccc2N)[C@H]2OC(C)(C)O[C@H]21. The molecular formula is C25H31N7O9S. The molecule has 2 aliphatic rings. The lowest BCUT2D eigenvalue weighted by Gasteiger charge is -2.24. The lowest BCUT2D eigenvalue weighted by molar-refractivity contribution is -0.198. The number of nitrogens with zero attached hydrogens (tertiary/aromatic N) is 4. The Bertz CT molecular complexity index is 1620. The number of carbonyl (C=O) groups is 2. The number of hydrogen-bond donors (Lipinski definition) is 3. The molecule has 226 valence electrons. The molecule has 4 atom stereocenters. The Morgan fingerprint density at radius 1 is 1.12 bits per heavy atom. The fraction of sp³-hybridized carbons (Fsp3) is 0.480. The zero-order valence-corrected chi connectivity index (χ0v) is 24.2. The molecule has 0 saturated carbocycles. The number of nitrogens with two attached hydrogens (primary N) is 1. The minimum Gasteiger partial charge on any atom is -0.444 e. The van der Waals surface area contributed by atoms with Crippen LogP contribution in [0, 0.1) is 0 Å². The number of aromatic nitrogens is 4. The van der Waals surface area contributed by atoms with Crippen molar-refractivity contribution in [2.24, 2.45) is 0 Å². The van der Waals surface area contributed by atoms with Gasteiger partial charge in [-0.2, -0.15) is 8.42 Å². The van der Waals surface area contributed by atoms with Gasteiger partial charge in [0.1, 0.15) is 30.2 Å². The molecule has 2 saturated heterocycles. The van der Waals surface area contributed by atoms with Crippen molar-refractivity contribution in [2.45, 2.75) is 70.5 Å². The van der Waals surface area contributed by atoms with Gasteiger partial charge in [0.05, 0.1) is 18.5 Å². The average molecular weight is 606 g/mol. The van der Waals surface area contributed by atoms with Crippen LogP contribution in [0.2, 0.25) is 0 Å². The number of amides is 2. The molecule has 17 heteroatoms. The lowest BCUT2D eigenvalue weighted by Crippen LogP contribution is -2.37. The zero-order valence-electron chi connectivity index (χ0n) is 23.4. The molecule has 42 heavy (non-hydrogen) atoms. The molecule has 1 aromatic carbocycles. The van der Waals surface area contributed by atoms with Crippen LogP contribution in [0.25, 0.3) is 11.2 Å². The molecule has 4 heterocycles. The van der Waals surface area contributed by atoms with E-state index in [9.17, 15) is 18.0 Å². The number of nitrogen functional groups attached to an aromatic ring is 1. The van der Waals surface area contributed by atoms with Gasteiger partial charge >= 0.3 is 16.4 Å². The summed E-state index contributed by atoms with van der Waals surface area (Å²) in [6.45, 7) is 8.10. The standard InChI is InChI=1S/C25H31N7O9S/c1-24(2,3)41-23(34)30-19-16-20(28-11-27-19)32(12-29-16)22-18-17(39-25(4,5)40-18)15(38-22)10-37-42(35,36)31-21(33)13-8-6-7-9-14(13)26/h6-9,11-12,15,17-18,22H,10,26H2,1-5H3,(H,31,33)(H,27,28,30,34)/t15-,17-,18-,22-/m1/s1. The van der Waals surface area contributed by atoms with Gasteiger partial charge in [-0.1, -0.05) is 12.1 Å². The van der Waals surface area contributed by atoms with E-state index in [0.29, 0.717) is 5.65 Å². The quantitative estimate of drug-likeness (QED) is 0.329. The Labute approximate surface area is 241 Å². The second-order valence-corrected chi connectivity index (χ2v) is 12.4. The minimum atomic E-state index is -4.55. The van der Waals surface area contributed by atoms with E-state index in [0.717, 1.165) is 0 Å². The maximum absolute atomic E-state index is 12.6. The van der Waals surface area contributed by atoms with Gasteiger partial charge in [-0.15, -0.1) is 0 Å². The number of fused-ring (bicyclic) bond motifs is 2. The summed E-state index contributed by atoms with van der Waals surface area (Å²) in [6.07, 6.45) is -1.33. The van der Waals surface area contributed by atoms with Crippen molar-refractivity contribution in [3.8, 4) is 0 Å². The first-order valence-corrected chi connectivity index (χ1v) is 14.3. The third kappa shape index (κ3) is 6.29. The first-order chi connectivity index (χ1) is 19.6. The summed E-state index contributed by atoms with van der Waals surface area (Å²) < 4.78 is 57.2. The van der Waals surface area contributed by atoms with Crippen LogP contribution < -0.4 is 15.8 Å². The van der Waals surface area contributed by atoms with Gasteiger partial charge in [-0.25, -0.2) is 24.5 Å². The summed E-state index contributed by atoms with van der Waals surface area (Å²) in [4.78, 5) is 37.5. The molecule has 4 N–H and O–H groups in total. The molecule has 2 aliphatic heterocycles. The summed E-state index contributed by atoms with van der Waals surface area (Å²) in [7, 11) is -4.55. The van der Waals surface area contributed by atoms with E-state index in [-0.39, 0.29) is 22.6 Å². The van der Waals surface area contributed by atoms with Crippen LogP contribution >= 0.6 is 0 Å². The number of imidazole rings is 1. The second kappa shape index (κ2) is 10.7. The first kappa shape index (κ1) is 29.6. The smallest absolute Gasteiger partial charge is 0.413 e. The molecule has 5 rings (SSSR count). The monoisotopic (exact) mass is 605 g/mol. The van der Waals surface area contributed by atoms with Gasteiger partial charge in [-0.3, -0.25) is 18.9 Å². The number of nitrogens with one attached hydrogen (secondary N) is 2. The number of ether oxygens (including phenoxy) is 4. The number of rotatable bonds is 7. The van der Waals surface area contributed by atoms with Crippen molar-refractivity contribution in [2.75, 3.05) is 17.7 Å². The van der Waals surface area contributed by atoms with Crippen LogP contribution in [-0.2, 0) is 33.4 Å². The largest absolute Gasteiger partial charge is 0.444 e. The average Bonchev–Trinajstić information content (AvgIpc) is 3.53. The molecule has 2 amide bonds.